The zero-order chi connectivity index (χ0) is 13.5. The van der Waals surface area contributed by atoms with Crippen molar-refractivity contribution in [1.29, 1.82) is 0 Å². The van der Waals surface area contributed by atoms with E-state index in [1.807, 2.05) is 12.4 Å². The molecule has 1 aromatic heterocycles. The van der Waals surface area contributed by atoms with Crippen molar-refractivity contribution in [3.05, 3.63) is 36.7 Å². The van der Waals surface area contributed by atoms with Gasteiger partial charge in [0.2, 0.25) is 0 Å². The quantitative estimate of drug-likeness (QED) is 0.771. The predicted octanol–water partition coefficient (Wildman–Crippen LogP) is 3.38. The average molecular weight is 257 g/mol. The Balaban J connectivity index is 1.91. The van der Waals surface area contributed by atoms with E-state index in [4.69, 9.17) is 0 Å². The highest BCUT2D eigenvalue weighted by Gasteiger charge is 2.01. The van der Waals surface area contributed by atoms with Gasteiger partial charge in [-0.1, -0.05) is 26.0 Å². The number of pyridine rings is 1. The number of aromatic nitrogens is 1. The monoisotopic (exact) mass is 257 g/mol. The van der Waals surface area contributed by atoms with Crippen LogP contribution in [0.15, 0.2) is 36.7 Å². The van der Waals surface area contributed by atoms with Crippen LogP contribution in [0.2, 0.25) is 0 Å². The zero-order valence-corrected chi connectivity index (χ0v) is 11.9. The summed E-state index contributed by atoms with van der Waals surface area (Å²) in [5.74, 6) is 0. The van der Waals surface area contributed by atoms with Gasteiger partial charge in [-0.05, 0) is 43.6 Å². The predicted molar refractivity (Wildman–Crippen MR) is 82.6 cm³/mol. The molecule has 0 aliphatic heterocycles. The molecular formula is C16H23N3. The van der Waals surface area contributed by atoms with Crippen molar-refractivity contribution >= 4 is 16.5 Å². The third-order valence-electron chi connectivity index (χ3n) is 3.54. The second-order valence-corrected chi connectivity index (χ2v) is 4.71. The molecule has 0 bridgehead atoms. The number of hydrogen-bond acceptors (Lipinski definition) is 3. The third kappa shape index (κ3) is 3.67. The van der Waals surface area contributed by atoms with Gasteiger partial charge >= 0.3 is 0 Å². The van der Waals surface area contributed by atoms with Crippen LogP contribution in [-0.4, -0.2) is 36.1 Å². The Labute approximate surface area is 115 Å². The van der Waals surface area contributed by atoms with Gasteiger partial charge in [-0.3, -0.25) is 4.98 Å². The zero-order valence-electron chi connectivity index (χ0n) is 11.9. The van der Waals surface area contributed by atoms with Crippen molar-refractivity contribution in [2.24, 2.45) is 0 Å². The second kappa shape index (κ2) is 7.10. The number of nitrogens with one attached hydrogen (secondary N) is 1. The van der Waals surface area contributed by atoms with Gasteiger partial charge in [0.15, 0.2) is 0 Å². The standard InChI is InChI=1S/C16H23N3/c1-3-19(4-2)12-6-10-18-16-8-5-7-14-9-11-17-13-15(14)16/h5,7-9,11,13,18H,3-4,6,10,12H2,1-2H3. The fourth-order valence-electron chi connectivity index (χ4n) is 2.33. The molecule has 2 aromatic rings. The van der Waals surface area contributed by atoms with E-state index in [2.05, 4.69) is 53.3 Å². The normalized spacial score (nSPS) is 11.1. The van der Waals surface area contributed by atoms with E-state index < -0.39 is 0 Å². The van der Waals surface area contributed by atoms with Crippen LogP contribution in [0.3, 0.4) is 0 Å². The molecule has 0 aliphatic rings. The first-order valence-electron chi connectivity index (χ1n) is 7.14. The van der Waals surface area contributed by atoms with Crippen LogP contribution >= 0.6 is 0 Å². The van der Waals surface area contributed by atoms with Gasteiger partial charge in [0.25, 0.3) is 0 Å². The Morgan fingerprint density at radius 1 is 1.16 bits per heavy atom. The summed E-state index contributed by atoms with van der Waals surface area (Å²) in [5, 5.41) is 5.97. The molecule has 1 aromatic carbocycles. The van der Waals surface area contributed by atoms with Crippen molar-refractivity contribution < 1.29 is 0 Å². The van der Waals surface area contributed by atoms with Crippen LogP contribution in [0, 0.1) is 0 Å². The van der Waals surface area contributed by atoms with Gasteiger partial charge in [0.1, 0.15) is 0 Å². The summed E-state index contributed by atoms with van der Waals surface area (Å²) >= 11 is 0. The Morgan fingerprint density at radius 2 is 2.00 bits per heavy atom. The first kappa shape index (κ1) is 13.8. The van der Waals surface area contributed by atoms with Crippen LogP contribution in [0.4, 0.5) is 5.69 Å². The van der Waals surface area contributed by atoms with Crippen molar-refractivity contribution in [2.75, 3.05) is 31.5 Å². The molecule has 0 saturated carbocycles. The smallest absolute Gasteiger partial charge is 0.0435 e. The molecule has 0 unspecified atom stereocenters. The van der Waals surface area contributed by atoms with E-state index >= 15 is 0 Å². The van der Waals surface area contributed by atoms with Gasteiger partial charge in [0.05, 0.1) is 0 Å². The van der Waals surface area contributed by atoms with E-state index in [9.17, 15) is 0 Å². The van der Waals surface area contributed by atoms with Crippen LogP contribution in [0.5, 0.6) is 0 Å². The minimum absolute atomic E-state index is 1.00. The molecule has 1 N–H and O–H groups in total. The summed E-state index contributed by atoms with van der Waals surface area (Å²) < 4.78 is 0. The van der Waals surface area contributed by atoms with Gasteiger partial charge in [-0.2, -0.15) is 0 Å². The lowest BCUT2D eigenvalue weighted by Gasteiger charge is -2.18. The molecule has 0 fully saturated rings. The first-order chi connectivity index (χ1) is 9.35. The van der Waals surface area contributed by atoms with Crippen molar-refractivity contribution in [1.82, 2.24) is 9.88 Å². The Hall–Kier alpha value is -1.61. The maximum atomic E-state index is 4.21. The maximum Gasteiger partial charge on any atom is 0.0435 e. The molecule has 0 radical (unpaired) electrons. The number of anilines is 1. The fourth-order valence-corrected chi connectivity index (χ4v) is 2.33. The number of benzene rings is 1. The Bertz CT molecular complexity index is 501. The van der Waals surface area contributed by atoms with Crippen LogP contribution in [0.1, 0.15) is 20.3 Å². The molecule has 0 amide bonds. The van der Waals surface area contributed by atoms with E-state index in [0.29, 0.717) is 0 Å². The van der Waals surface area contributed by atoms with Crippen LogP contribution in [-0.2, 0) is 0 Å². The Kier molecular flexibility index (Phi) is 5.16. The van der Waals surface area contributed by atoms with E-state index in [-0.39, 0.29) is 0 Å². The van der Waals surface area contributed by atoms with E-state index in [1.165, 1.54) is 22.9 Å². The molecule has 19 heavy (non-hydrogen) atoms. The van der Waals surface area contributed by atoms with Crippen molar-refractivity contribution in [3.63, 3.8) is 0 Å². The topological polar surface area (TPSA) is 28.2 Å². The van der Waals surface area contributed by atoms with Crippen molar-refractivity contribution in [2.45, 2.75) is 20.3 Å². The fraction of sp³-hybridized carbons (Fsp3) is 0.438. The molecule has 2 rings (SSSR count). The summed E-state index contributed by atoms with van der Waals surface area (Å²) in [6.07, 6.45) is 4.94. The summed E-state index contributed by atoms with van der Waals surface area (Å²) in [5.41, 5.74) is 1.19. The maximum absolute atomic E-state index is 4.21. The van der Waals surface area contributed by atoms with Crippen LogP contribution < -0.4 is 5.32 Å². The summed E-state index contributed by atoms with van der Waals surface area (Å²) in [6, 6.07) is 8.39. The third-order valence-corrected chi connectivity index (χ3v) is 3.54. The van der Waals surface area contributed by atoms with Gasteiger partial charge < -0.3 is 10.2 Å². The van der Waals surface area contributed by atoms with Gasteiger partial charge in [-0.25, -0.2) is 0 Å². The lowest BCUT2D eigenvalue weighted by molar-refractivity contribution is 0.303. The number of hydrogen-bond donors (Lipinski definition) is 1. The lowest BCUT2D eigenvalue weighted by atomic mass is 10.1. The SMILES string of the molecule is CCN(CC)CCCNc1cccc2ccncc12. The minimum Gasteiger partial charge on any atom is -0.384 e. The molecule has 3 nitrogen and oxygen atoms in total. The lowest BCUT2D eigenvalue weighted by Crippen LogP contribution is -2.25. The minimum atomic E-state index is 1.00. The van der Waals surface area contributed by atoms with Gasteiger partial charge in [-0.15, -0.1) is 0 Å². The van der Waals surface area contributed by atoms with Gasteiger partial charge in [0, 0.05) is 30.0 Å². The molecule has 102 valence electrons. The number of rotatable bonds is 7. The molecule has 0 spiro atoms. The molecule has 3 heteroatoms. The van der Waals surface area contributed by atoms with E-state index in [0.717, 1.165) is 26.2 Å². The molecule has 1 heterocycles. The van der Waals surface area contributed by atoms with E-state index in [1.54, 1.807) is 0 Å². The summed E-state index contributed by atoms with van der Waals surface area (Å²) in [7, 11) is 0. The van der Waals surface area contributed by atoms with Crippen LogP contribution in [0.25, 0.3) is 10.8 Å². The molecule has 0 aliphatic carbocycles. The molecular weight excluding hydrogens is 234 g/mol. The first-order valence-corrected chi connectivity index (χ1v) is 7.14. The summed E-state index contributed by atoms with van der Waals surface area (Å²) in [4.78, 5) is 6.66. The highest BCUT2D eigenvalue weighted by molar-refractivity contribution is 5.92. The number of nitrogens with zero attached hydrogens (tertiary/aromatic N) is 2. The largest absolute Gasteiger partial charge is 0.384 e. The number of fused-ring (bicyclic) bond motifs is 1. The molecule has 0 atom stereocenters. The van der Waals surface area contributed by atoms with Crippen molar-refractivity contribution in [3.8, 4) is 0 Å². The highest BCUT2D eigenvalue weighted by atomic mass is 15.1. The average Bonchev–Trinajstić information content (AvgIpc) is 2.47. The Morgan fingerprint density at radius 3 is 2.79 bits per heavy atom. The summed E-state index contributed by atoms with van der Waals surface area (Å²) in [6.45, 7) is 8.86. The highest BCUT2D eigenvalue weighted by Crippen LogP contribution is 2.21. The molecule has 0 saturated heterocycles. The second-order valence-electron chi connectivity index (χ2n) is 4.71.